The second-order valence-electron chi connectivity index (χ2n) is 5.44. The topological polar surface area (TPSA) is 111 Å². The first kappa shape index (κ1) is 14.6. The Balaban J connectivity index is 1.60. The lowest BCUT2D eigenvalue weighted by Gasteiger charge is -2.14. The third-order valence-corrected chi connectivity index (χ3v) is 4.69. The number of amides is 1. The fourth-order valence-electron chi connectivity index (χ4n) is 2.83. The number of carbonyl (C=O) groups is 1. The Morgan fingerprint density at radius 3 is 3.04 bits per heavy atom. The zero-order chi connectivity index (χ0) is 16.8. The number of hydrogen-bond acceptors (Lipinski definition) is 7. The van der Waals surface area contributed by atoms with Gasteiger partial charge < -0.3 is 20.3 Å². The Kier molecular flexibility index (Phi) is 3.23. The number of hydrogen-bond donors (Lipinski definition) is 1. The van der Waals surface area contributed by atoms with Gasteiger partial charge in [-0.05, 0) is 11.3 Å². The van der Waals surface area contributed by atoms with E-state index in [1.54, 1.807) is 40.6 Å². The fourth-order valence-corrected chi connectivity index (χ4v) is 3.54. The number of rotatable bonds is 4. The van der Waals surface area contributed by atoms with Crippen LogP contribution in [0.4, 0.5) is 17.3 Å². The third-order valence-electron chi connectivity index (χ3n) is 3.93. The van der Waals surface area contributed by atoms with Crippen molar-refractivity contribution in [1.82, 2.24) is 19.2 Å². The quantitative estimate of drug-likeness (QED) is 0.562. The molecule has 1 amide bonds. The van der Waals surface area contributed by atoms with Crippen LogP contribution in [0.3, 0.4) is 0 Å². The van der Waals surface area contributed by atoms with Gasteiger partial charge >= 0.3 is 5.82 Å². The molecule has 1 aliphatic rings. The van der Waals surface area contributed by atoms with E-state index < -0.39 is 11.0 Å². The van der Waals surface area contributed by atoms with E-state index in [1.807, 2.05) is 0 Å². The molecule has 1 saturated heterocycles. The minimum atomic E-state index is -0.548. The molecule has 0 spiro atoms. The highest BCUT2D eigenvalue weighted by Crippen LogP contribution is 2.30. The predicted molar refractivity (Wildman–Crippen MR) is 87.3 cm³/mol. The maximum Gasteiger partial charge on any atom is 0.372 e. The standard InChI is InChI=1S/C13H13N7O3S/c1-17-7-8(6-14-17)18-3-2-9(12(18)21)15-10-11(20(22)23)19-4-5-24-13(19)16-10/h4-7,9,15H,2-3H2,1H3. The van der Waals surface area contributed by atoms with Crippen molar-refractivity contribution in [2.45, 2.75) is 12.5 Å². The molecule has 0 aliphatic carbocycles. The lowest BCUT2D eigenvalue weighted by molar-refractivity contribution is -0.389. The van der Waals surface area contributed by atoms with Crippen LogP contribution in [0.1, 0.15) is 6.42 Å². The molecule has 0 aromatic carbocycles. The second kappa shape index (κ2) is 5.30. The van der Waals surface area contributed by atoms with Crippen LogP contribution >= 0.6 is 11.3 Å². The van der Waals surface area contributed by atoms with Gasteiger partial charge in [-0.15, -0.1) is 0 Å². The molecule has 1 atom stereocenters. The zero-order valence-electron chi connectivity index (χ0n) is 12.6. The molecule has 4 rings (SSSR count). The number of nitrogens with zero attached hydrogens (tertiary/aromatic N) is 6. The lowest BCUT2D eigenvalue weighted by atomic mass is 10.2. The molecule has 0 bridgehead atoms. The lowest BCUT2D eigenvalue weighted by Crippen LogP contribution is -2.33. The highest BCUT2D eigenvalue weighted by molar-refractivity contribution is 7.15. The number of aryl methyl sites for hydroxylation is 1. The van der Waals surface area contributed by atoms with Crippen molar-refractivity contribution >= 4 is 39.5 Å². The molecule has 0 saturated carbocycles. The summed E-state index contributed by atoms with van der Waals surface area (Å²) in [6.45, 7) is 0.526. The first-order valence-corrected chi connectivity index (χ1v) is 8.09. The molecule has 0 radical (unpaired) electrons. The van der Waals surface area contributed by atoms with E-state index in [0.29, 0.717) is 23.6 Å². The largest absolute Gasteiger partial charge is 0.372 e. The first-order chi connectivity index (χ1) is 11.5. The molecule has 24 heavy (non-hydrogen) atoms. The smallest absolute Gasteiger partial charge is 0.358 e. The average molecular weight is 347 g/mol. The van der Waals surface area contributed by atoms with E-state index in [9.17, 15) is 14.9 Å². The summed E-state index contributed by atoms with van der Waals surface area (Å²) in [7, 11) is 1.78. The van der Waals surface area contributed by atoms with E-state index >= 15 is 0 Å². The fraction of sp³-hybridized carbons (Fsp3) is 0.308. The van der Waals surface area contributed by atoms with Crippen LogP contribution in [0.2, 0.25) is 0 Å². The highest BCUT2D eigenvalue weighted by atomic mass is 32.1. The molecule has 4 heterocycles. The van der Waals surface area contributed by atoms with Gasteiger partial charge in [0.2, 0.25) is 11.7 Å². The summed E-state index contributed by atoms with van der Waals surface area (Å²) in [5.41, 5.74) is 0.715. The van der Waals surface area contributed by atoms with Crippen LogP contribution in [0, 0.1) is 10.1 Å². The second-order valence-corrected chi connectivity index (χ2v) is 6.32. The summed E-state index contributed by atoms with van der Waals surface area (Å²) in [6, 6.07) is -0.548. The molecule has 3 aromatic heterocycles. The predicted octanol–water partition coefficient (Wildman–Crippen LogP) is 1.25. The Bertz CT molecular complexity index is 943. The van der Waals surface area contributed by atoms with Gasteiger partial charge in [0, 0.05) is 25.2 Å². The van der Waals surface area contributed by atoms with Crippen molar-refractivity contribution in [2.24, 2.45) is 7.05 Å². The SMILES string of the molecule is Cn1cc(N2CCC(Nc3nc4sccn4c3[N+](=O)[O-])C2=O)cn1. The van der Waals surface area contributed by atoms with E-state index in [4.69, 9.17) is 0 Å². The first-order valence-electron chi connectivity index (χ1n) is 7.21. The summed E-state index contributed by atoms with van der Waals surface area (Å²) < 4.78 is 3.03. The molecule has 1 aliphatic heterocycles. The van der Waals surface area contributed by atoms with Gasteiger partial charge in [0.05, 0.1) is 11.9 Å². The van der Waals surface area contributed by atoms with E-state index in [1.165, 1.54) is 15.7 Å². The summed E-state index contributed by atoms with van der Waals surface area (Å²) in [5, 5.41) is 20.1. The number of carbonyl (C=O) groups excluding carboxylic acids is 1. The number of nitrogens with one attached hydrogen (secondary N) is 1. The number of fused-ring (bicyclic) bond motifs is 1. The van der Waals surface area contributed by atoms with Crippen molar-refractivity contribution in [3.05, 3.63) is 34.1 Å². The van der Waals surface area contributed by atoms with Gasteiger partial charge in [-0.2, -0.15) is 14.5 Å². The van der Waals surface area contributed by atoms with E-state index in [-0.39, 0.29) is 17.5 Å². The number of anilines is 2. The summed E-state index contributed by atoms with van der Waals surface area (Å²) in [5.74, 6) is -0.175. The molecule has 124 valence electrons. The summed E-state index contributed by atoms with van der Waals surface area (Å²) >= 11 is 1.30. The Morgan fingerprint density at radius 2 is 2.33 bits per heavy atom. The molecular formula is C13H13N7O3S. The molecule has 1 unspecified atom stereocenters. The van der Waals surface area contributed by atoms with Gasteiger partial charge in [0.15, 0.2) is 0 Å². The molecule has 10 nitrogen and oxygen atoms in total. The minimum Gasteiger partial charge on any atom is -0.358 e. The average Bonchev–Trinajstić information content (AvgIpc) is 3.25. The Morgan fingerprint density at radius 1 is 1.50 bits per heavy atom. The van der Waals surface area contributed by atoms with Crippen molar-refractivity contribution in [1.29, 1.82) is 0 Å². The van der Waals surface area contributed by atoms with Gasteiger partial charge in [0.1, 0.15) is 12.2 Å². The van der Waals surface area contributed by atoms with E-state index in [2.05, 4.69) is 15.4 Å². The molecule has 3 aromatic rings. The molecule has 11 heteroatoms. The van der Waals surface area contributed by atoms with Crippen molar-refractivity contribution in [2.75, 3.05) is 16.8 Å². The number of thiazole rings is 1. The molecular weight excluding hydrogens is 334 g/mol. The number of imidazole rings is 1. The van der Waals surface area contributed by atoms with Gasteiger partial charge in [-0.3, -0.25) is 9.48 Å². The maximum atomic E-state index is 12.6. The number of nitro groups is 1. The Labute approximate surface area is 139 Å². The van der Waals surface area contributed by atoms with Crippen LogP contribution < -0.4 is 10.2 Å². The van der Waals surface area contributed by atoms with Crippen LogP contribution in [-0.4, -0.2) is 42.6 Å². The number of aromatic nitrogens is 4. The maximum absolute atomic E-state index is 12.6. The van der Waals surface area contributed by atoms with Crippen molar-refractivity contribution in [3.63, 3.8) is 0 Å². The van der Waals surface area contributed by atoms with Gasteiger partial charge in [0.25, 0.3) is 4.96 Å². The van der Waals surface area contributed by atoms with Gasteiger partial charge in [-0.25, -0.2) is 0 Å². The molecule has 1 fully saturated rings. The van der Waals surface area contributed by atoms with Crippen LogP contribution in [0.15, 0.2) is 24.0 Å². The van der Waals surface area contributed by atoms with E-state index in [0.717, 1.165) is 0 Å². The van der Waals surface area contributed by atoms with Gasteiger partial charge in [-0.1, -0.05) is 11.3 Å². The normalized spacial score (nSPS) is 17.8. The van der Waals surface area contributed by atoms with Crippen LogP contribution in [-0.2, 0) is 11.8 Å². The monoisotopic (exact) mass is 347 g/mol. The Hall–Kier alpha value is -2.95. The summed E-state index contributed by atoms with van der Waals surface area (Å²) in [6.07, 6.45) is 5.51. The zero-order valence-corrected chi connectivity index (χ0v) is 13.4. The third kappa shape index (κ3) is 2.21. The molecule has 1 N–H and O–H groups in total. The highest BCUT2D eigenvalue weighted by Gasteiger charge is 2.36. The minimum absolute atomic E-state index is 0.123. The van der Waals surface area contributed by atoms with Crippen molar-refractivity contribution in [3.8, 4) is 0 Å². The van der Waals surface area contributed by atoms with Crippen molar-refractivity contribution < 1.29 is 9.72 Å². The van der Waals surface area contributed by atoms with Crippen LogP contribution in [0.25, 0.3) is 4.96 Å². The van der Waals surface area contributed by atoms with Crippen LogP contribution in [0.5, 0.6) is 0 Å². The summed E-state index contributed by atoms with van der Waals surface area (Å²) in [4.78, 5) is 29.8.